The zero-order chi connectivity index (χ0) is 14.0. The maximum atomic E-state index is 11.9. The maximum Gasteiger partial charge on any atom is 0.337 e. The van der Waals surface area contributed by atoms with Crippen LogP contribution in [0.1, 0.15) is 28.8 Å². The minimum absolute atomic E-state index is 0.0599. The first-order chi connectivity index (χ1) is 9.04. The molecule has 1 saturated heterocycles. The standard InChI is InChI=1S/C14H18N2O3/c1-9-5-6-10(14(18)19)12(8-9)16-7-3-4-11(16)13(17)15-2/h5-6,8,11H,3-4,7H2,1-2H3,(H,15,17)(H,18,19). The molecule has 0 radical (unpaired) electrons. The molecule has 1 atom stereocenters. The fourth-order valence-electron chi connectivity index (χ4n) is 2.55. The second-order valence-corrected chi connectivity index (χ2v) is 4.79. The number of carbonyl (C=O) groups excluding carboxylic acids is 1. The second-order valence-electron chi connectivity index (χ2n) is 4.79. The van der Waals surface area contributed by atoms with Gasteiger partial charge in [0.2, 0.25) is 5.91 Å². The topological polar surface area (TPSA) is 69.6 Å². The number of hydrogen-bond donors (Lipinski definition) is 2. The van der Waals surface area contributed by atoms with E-state index in [0.717, 1.165) is 18.4 Å². The molecule has 1 aromatic carbocycles. The molecule has 102 valence electrons. The van der Waals surface area contributed by atoms with Crippen molar-refractivity contribution in [3.63, 3.8) is 0 Å². The number of aromatic carboxylic acids is 1. The van der Waals surface area contributed by atoms with Crippen molar-refractivity contribution in [2.24, 2.45) is 0 Å². The van der Waals surface area contributed by atoms with Crippen molar-refractivity contribution >= 4 is 17.6 Å². The third-order valence-electron chi connectivity index (χ3n) is 3.49. The molecule has 1 aliphatic rings. The Bertz CT molecular complexity index is 513. The normalized spacial score (nSPS) is 18.4. The summed E-state index contributed by atoms with van der Waals surface area (Å²) >= 11 is 0. The quantitative estimate of drug-likeness (QED) is 0.864. The van der Waals surface area contributed by atoms with E-state index in [1.54, 1.807) is 19.2 Å². The van der Waals surface area contributed by atoms with Gasteiger partial charge in [0.25, 0.3) is 0 Å². The van der Waals surface area contributed by atoms with E-state index in [2.05, 4.69) is 5.32 Å². The Morgan fingerprint density at radius 1 is 1.42 bits per heavy atom. The molecule has 19 heavy (non-hydrogen) atoms. The van der Waals surface area contributed by atoms with E-state index in [1.807, 2.05) is 17.9 Å². The highest BCUT2D eigenvalue weighted by Gasteiger charge is 2.32. The molecule has 1 unspecified atom stereocenters. The third kappa shape index (κ3) is 2.54. The Hall–Kier alpha value is -2.04. The van der Waals surface area contributed by atoms with Crippen LogP contribution in [-0.4, -0.2) is 36.6 Å². The molecule has 1 aromatic rings. The summed E-state index contributed by atoms with van der Waals surface area (Å²) < 4.78 is 0. The van der Waals surface area contributed by atoms with Gasteiger partial charge in [-0.05, 0) is 37.5 Å². The minimum Gasteiger partial charge on any atom is -0.478 e. The molecule has 0 spiro atoms. The number of likely N-dealkylation sites (N-methyl/N-ethyl adjacent to an activating group) is 1. The van der Waals surface area contributed by atoms with Crippen molar-refractivity contribution < 1.29 is 14.7 Å². The fraction of sp³-hybridized carbons (Fsp3) is 0.429. The number of rotatable bonds is 3. The summed E-state index contributed by atoms with van der Waals surface area (Å²) in [4.78, 5) is 25.1. The van der Waals surface area contributed by atoms with Gasteiger partial charge >= 0.3 is 5.97 Å². The molecule has 0 saturated carbocycles. The molecule has 0 aromatic heterocycles. The molecular formula is C14H18N2O3. The van der Waals surface area contributed by atoms with Gasteiger partial charge < -0.3 is 15.3 Å². The van der Waals surface area contributed by atoms with Crippen LogP contribution in [0.25, 0.3) is 0 Å². The van der Waals surface area contributed by atoms with Gasteiger partial charge in [-0.25, -0.2) is 4.79 Å². The van der Waals surface area contributed by atoms with Gasteiger partial charge in [-0.15, -0.1) is 0 Å². The number of aryl methyl sites for hydroxylation is 1. The minimum atomic E-state index is -0.961. The first-order valence-electron chi connectivity index (χ1n) is 6.36. The monoisotopic (exact) mass is 262 g/mol. The summed E-state index contributed by atoms with van der Waals surface area (Å²) in [5.41, 5.74) is 1.88. The number of nitrogens with one attached hydrogen (secondary N) is 1. The van der Waals surface area contributed by atoms with Crippen LogP contribution in [-0.2, 0) is 4.79 Å². The average molecular weight is 262 g/mol. The first kappa shape index (κ1) is 13.4. The van der Waals surface area contributed by atoms with Gasteiger partial charge in [0.15, 0.2) is 0 Å². The molecule has 1 heterocycles. The number of benzene rings is 1. The molecule has 5 nitrogen and oxygen atoms in total. The lowest BCUT2D eigenvalue weighted by Crippen LogP contribution is -2.42. The van der Waals surface area contributed by atoms with Crippen LogP contribution >= 0.6 is 0 Å². The highest BCUT2D eigenvalue weighted by molar-refractivity contribution is 5.96. The Morgan fingerprint density at radius 3 is 2.79 bits per heavy atom. The summed E-state index contributed by atoms with van der Waals surface area (Å²) in [7, 11) is 1.60. The lowest BCUT2D eigenvalue weighted by molar-refractivity contribution is -0.121. The number of anilines is 1. The molecule has 1 amide bonds. The van der Waals surface area contributed by atoms with Crippen molar-refractivity contribution in [1.82, 2.24) is 5.32 Å². The van der Waals surface area contributed by atoms with Gasteiger partial charge in [0.05, 0.1) is 11.3 Å². The number of hydrogen-bond acceptors (Lipinski definition) is 3. The van der Waals surface area contributed by atoms with Gasteiger partial charge in [-0.3, -0.25) is 4.79 Å². The van der Waals surface area contributed by atoms with Crippen molar-refractivity contribution in [1.29, 1.82) is 0 Å². The van der Waals surface area contributed by atoms with Crippen molar-refractivity contribution in [3.05, 3.63) is 29.3 Å². The van der Waals surface area contributed by atoms with Crippen LogP contribution in [0.3, 0.4) is 0 Å². The van der Waals surface area contributed by atoms with E-state index < -0.39 is 5.97 Å². The van der Waals surface area contributed by atoms with Crippen molar-refractivity contribution in [3.8, 4) is 0 Å². The van der Waals surface area contributed by atoms with Gasteiger partial charge in [-0.2, -0.15) is 0 Å². The summed E-state index contributed by atoms with van der Waals surface area (Å²) in [6.45, 7) is 2.63. The van der Waals surface area contributed by atoms with Crippen molar-refractivity contribution in [2.45, 2.75) is 25.8 Å². The summed E-state index contributed by atoms with van der Waals surface area (Å²) in [6.07, 6.45) is 1.65. The van der Waals surface area contributed by atoms with Crippen LogP contribution < -0.4 is 10.2 Å². The van der Waals surface area contributed by atoms with E-state index in [4.69, 9.17) is 0 Å². The van der Waals surface area contributed by atoms with Crippen LogP contribution in [0.4, 0.5) is 5.69 Å². The van der Waals surface area contributed by atoms with Gasteiger partial charge in [0, 0.05) is 13.6 Å². The first-order valence-corrected chi connectivity index (χ1v) is 6.36. The summed E-state index contributed by atoms with van der Waals surface area (Å²) in [5.74, 6) is -1.02. The number of carboxylic acids is 1. The predicted octanol–water partition coefficient (Wildman–Crippen LogP) is 1.41. The third-order valence-corrected chi connectivity index (χ3v) is 3.49. The molecule has 5 heteroatoms. The Kier molecular flexibility index (Phi) is 3.74. The van der Waals surface area contributed by atoms with Crippen LogP contribution in [0.2, 0.25) is 0 Å². The lowest BCUT2D eigenvalue weighted by atomic mass is 10.1. The predicted molar refractivity (Wildman–Crippen MR) is 72.6 cm³/mol. The molecular weight excluding hydrogens is 244 g/mol. The fourth-order valence-corrected chi connectivity index (χ4v) is 2.55. The molecule has 1 fully saturated rings. The maximum absolute atomic E-state index is 11.9. The second kappa shape index (κ2) is 5.30. The van der Waals surface area contributed by atoms with Gasteiger partial charge in [-0.1, -0.05) is 6.07 Å². The number of amides is 1. The molecule has 0 bridgehead atoms. The van der Waals surface area contributed by atoms with Gasteiger partial charge in [0.1, 0.15) is 6.04 Å². The highest BCUT2D eigenvalue weighted by atomic mass is 16.4. The molecule has 2 rings (SSSR count). The van der Waals surface area contributed by atoms with Crippen LogP contribution in [0.15, 0.2) is 18.2 Å². The highest BCUT2D eigenvalue weighted by Crippen LogP contribution is 2.29. The Morgan fingerprint density at radius 2 is 2.16 bits per heavy atom. The lowest BCUT2D eigenvalue weighted by Gasteiger charge is -2.27. The van der Waals surface area contributed by atoms with Crippen LogP contribution in [0, 0.1) is 6.92 Å². The zero-order valence-corrected chi connectivity index (χ0v) is 11.1. The Balaban J connectivity index is 2.42. The average Bonchev–Trinajstić information content (AvgIpc) is 2.86. The van der Waals surface area contributed by atoms with E-state index >= 15 is 0 Å². The number of carboxylic acid groups (broad SMARTS) is 1. The SMILES string of the molecule is CNC(=O)C1CCCN1c1cc(C)ccc1C(=O)O. The molecule has 1 aliphatic heterocycles. The van der Waals surface area contributed by atoms with E-state index in [9.17, 15) is 14.7 Å². The van der Waals surface area contributed by atoms with Crippen molar-refractivity contribution in [2.75, 3.05) is 18.5 Å². The van der Waals surface area contributed by atoms with Crippen LogP contribution in [0.5, 0.6) is 0 Å². The zero-order valence-electron chi connectivity index (χ0n) is 11.1. The van der Waals surface area contributed by atoms with E-state index in [1.165, 1.54) is 0 Å². The van der Waals surface area contributed by atoms with E-state index in [-0.39, 0.29) is 17.5 Å². The summed E-state index contributed by atoms with van der Waals surface area (Å²) in [5, 5.41) is 11.9. The summed E-state index contributed by atoms with van der Waals surface area (Å²) in [6, 6.07) is 4.94. The largest absolute Gasteiger partial charge is 0.478 e. The number of carbonyl (C=O) groups is 2. The molecule has 0 aliphatic carbocycles. The van der Waals surface area contributed by atoms with E-state index in [0.29, 0.717) is 12.2 Å². The number of nitrogens with zero attached hydrogens (tertiary/aromatic N) is 1. The molecule has 2 N–H and O–H groups in total. The Labute approximate surface area is 112 Å². The smallest absolute Gasteiger partial charge is 0.337 e.